The molecule has 0 radical (unpaired) electrons. The highest BCUT2D eigenvalue weighted by atomic mass is 32.2. The molecular formula is C17H18N2O6S. The van der Waals surface area contributed by atoms with E-state index in [4.69, 9.17) is 4.18 Å². The second-order valence-corrected chi connectivity index (χ2v) is 7.63. The van der Waals surface area contributed by atoms with Crippen molar-refractivity contribution in [3.05, 3.63) is 51.6 Å². The average molecular weight is 378 g/mol. The van der Waals surface area contributed by atoms with E-state index in [1.807, 2.05) is 6.92 Å². The molecule has 9 heteroatoms. The van der Waals surface area contributed by atoms with E-state index in [0.717, 1.165) is 10.1 Å². The first-order chi connectivity index (χ1) is 12.2. The van der Waals surface area contributed by atoms with Gasteiger partial charge in [-0.1, -0.05) is 24.6 Å². The maximum atomic E-state index is 12.7. The fourth-order valence-electron chi connectivity index (χ4n) is 2.95. The first-order valence-electron chi connectivity index (χ1n) is 8.13. The SMILES string of the molecule is CCc1c(OS(=O)(=O)c2ccc(C)cc2)nc2n(c1=O)[C@H](C(=O)O)CC2. The molecule has 0 spiro atoms. The van der Waals surface area contributed by atoms with Crippen molar-refractivity contribution in [1.29, 1.82) is 0 Å². The molecule has 0 unspecified atom stereocenters. The largest absolute Gasteiger partial charge is 0.480 e. The number of nitrogens with zero attached hydrogens (tertiary/aromatic N) is 2. The summed E-state index contributed by atoms with van der Waals surface area (Å²) in [5.41, 5.74) is 0.362. The number of hydrogen-bond acceptors (Lipinski definition) is 6. The van der Waals surface area contributed by atoms with Crippen molar-refractivity contribution in [3.8, 4) is 5.88 Å². The molecule has 26 heavy (non-hydrogen) atoms. The first-order valence-corrected chi connectivity index (χ1v) is 9.53. The van der Waals surface area contributed by atoms with Gasteiger partial charge in [-0.2, -0.15) is 13.4 Å². The van der Waals surface area contributed by atoms with Crippen molar-refractivity contribution >= 4 is 16.1 Å². The van der Waals surface area contributed by atoms with Crippen LogP contribution in [0.15, 0.2) is 34.0 Å². The van der Waals surface area contributed by atoms with Gasteiger partial charge in [-0.05, 0) is 31.9 Å². The molecule has 8 nitrogen and oxygen atoms in total. The van der Waals surface area contributed by atoms with Crippen LogP contribution in [0.5, 0.6) is 5.88 Å². The molecule has 1 aromatic carbocycles. The van der Waals surface area contributed by atoms with Crippen LogP contribution in [0.25, 0.3) is 0 Å². The topological polar surface area (TPSA) is 116 Å². The van der Waals surface area contributed by atoms with Gasteiger partial charge in [0.15, 0.2) is 0 Å². The second-order valence-electron chi connectivity index (χ2n) is 6.08. The van der Waals surface area contributed by atoms with Gasteiger partial charge >= 0.3 is 16.1 Å². The van der Waals surface area contributed by atoms with Crippen LogP contribution in [-0.4, -0.2) is 29.0 Å². The number of carboxylic acids is 1. The first kappa shape index (κ1) is 18.1. The Hall–Kier alpha value is -2.68. The number of benzene rings is 1. The van der Waals surface area contributed by atoms with Gasteiger partial charge < -0.3 is 9.29 Å². The van der Waals surface area contributed by atoms with Gasteiger partial charge in [-0.3, -0.25) is 9.36 Å². The van der Waals surface area contributed by atoms with E-state index in [-0.39, 0.29) is 41.4 Å². The lowest BCUT2D eigenvalue weighted by atomic mass is 10.2. The zero-order chi connectivity index (χ0) is 19.1. The monoisotopic (exact) mass is 378 g/mol. The zero-order valence-corrected chi connectivity index (χ0v) is 15.1. The second kappa shape index (κ2) is 6.56. The van der Waals surface area contributed by atoms with Gasteiger partial charge in [-0.15, -0.1) is 0 Å². The smallest absolute Gasteiger partial charge is 0.340 e. The van der Waals surface area contributed by atoms with Crippen LogP contribution in [0.2, 0.25) is 0 Å². The lowest BCUT2D eigenvalue weighted by Crippen LogP contribution is -2.31. The maximum absolute atomic E-state index is 12.7. The summed E-state index contributed by atoms with van der Waals surface area (Å²) in [6.07, 6.45) is 0.656. The summed E-state index contributed by atoms with van der Waals surface area (Å²) in [7, 11) is -4.15. The van der Waals surface area contributed by atoms with Crippen molar-refractivity contribution in [1.82, 2.24) is 9.55 Å². The number of aryl methyl sites for hydroxylation is 2. The van der Waals surface area contributed by atoms with Gasteiger partial charge in [0, 0.05) is 6.42 Å². The predicted octanol–water partition coefficient (Wildman–Crippen LogP) is 1.45. The highest BCUT2D eigenvalue weighted by Gasteiger charge is 2.33. The minimum atomic E-state index is -4.15. The van der Waals surface area contributed by atoms with Gasteiger partial charge in [0.25, 0.3) is 5.56 Å². The molecule has 2 heterocycles. The normalized spacial score (nSPS) is 16.3. The Morgan fingerprint density at radius 1 is 1.35 bits per heavy atom. The number of carboxylic acid groups (broad SMARTS) is 1. The number of aromatic nitrogens is 2. The Bertz CT molecular complexity index is 1020. The van der Waals surface area contributed by atoms with Crippen molar-refractivity contribution in [2.45, 2.75) is 44.0 Å². The Kier molecular flexibility index (Phi) is 4.57. The minimum Gasteiger partial charge on any atom is -0.480 e. The molecular weight excluding hydrogens is 360 g/mol. The summed E-state index contributed by atoms with van der Waals surface area (Å²) in [5.74, 6) is -1.18. The lowest BCUT2D eigenvalue weighted by molar-refractivity contribution is -0.140. The molecule has 1 N–H and O–H groups in total. The summed E-state index contributed by atoms with van der Waals surface area (Å²) < 4.78 is 31.3. The zero-order valence-electron chi connectivity index (χ0n) is 14.3. The molecule has 0 fully saturated rings. The molecule has 138 valence electrons. The van der Waals surface area contributed by atoms with Crippen LogP contribution in [0.4, 0.5) is 0 Å². The van der Waals surface area contributed by atoms with E-state index in [1.54, 1.807) is 19.1 Å². The fraction of sp³-hybridized carbons (Fsp3) is 0.353. The average Bonchev–Trinajstić information content (AvgIpc) is 2.99. The Balaban J connectivity index is 2.07. The van der Waals surface area contributed by atoms with Crippen LogP contribution in [0, 0.1) is 6.92 Å². The Morgan fingerprint density at radius 3 is 2.58 bits per heavy atom. The third kappa shape index (κ3) is 3.10. The molecule has 0 amide bonds. The van der Waals surface area contributed by atoms with E-state index in [1.165, 1.54) is 12.1 Å². The van der Waals surface area contributed by atoms with Crippen molar-refractivity contribution < 1.29 is 22.5 Å². The minimum absolute atomic E-state index is 0.0394. The molecule has 3 rings (SSSR count). The molecule has 0 aliphatic carbocycles. The van der Waals surface area contributed by atoms with Crippen molar-refractivity contribution in [2.75, 3.05) is 0 Å². The summed E-state index contributed by atoms with van der Waals surface area (Å²) >= 11 is 0. The molecule has 0 bridgehead atoms. The van der Waals surface area contributed by atoms with Crippen LogP contribution in [0.1, 0.15) is 36.3 Å². The summed E-state index contributed by atoms with van der Waals surface area (Å²) in [6, 6.07) is 5.12. The lowest BCUT2D eigenvalue weighted by Gasteiger charge is -2.14. The number of fused-ring (bicyclic) bond motifs is 1. The summed E-state index contributed by atoms with van der Waals surface area (Å²) in [6.45, 7) is 3.48. The van der Waals surface area contributed by atoms with Gasteiger partial charge in [-0.25, -0.2) is 4.79 Å². The quantitative estimate of drug-likeness (QED) is 0.783. The van der Waals surface area contributed by atoms with E-state index < -0.39 is 27.7 Å². The Morgan fingerprint density at radius 2 is 2.00 bits per heavy atom. The molecule has 2 aromatic rings. The van der Waals surface area contributed by atoms with Crippen LogP contribution >= 0.6 is 0 Å². The maximum Gasteiger partial charge on any atom is 0.340 e. The summed E-state index contributed by atoms with van der Waals surface area (Å²) in [5, 5.41) is 9.26. The molecule has 0 saturated carbocycles. The van der Waals surface area contributed by atoms with Crippen molar-refractivity contribution in [3.63, 3.8) is 0 Å². The summed E-state index contributed by atoms with van der Waals surface area (Å²) in [4.78, 5) is 28.1. The van der Waals surface area contributed by atoms with Gasteiger partial charge in [0.1, 0.15) is 16.8 Å². The fourth-order valence-corrected chi connectivity index (χ4v) is 3.86. The van der Waals surface area contributed by atoms with E-state index >= 15 is 0 Å². The predicted molar refractivity (Wildman–Crippen MR) is 91.9 cm³/mol. The molecule has 1 aromatic heterocycles. The van der Waals surface area contributed by atoms with Gasteiger partial charge in [0.2, 0.25) is 5.88 Å². The number of carbonyl (C=O) groups is 1. The van der Waals surface area contributed by atoms with Crippen LogP contribution < -0.4 is 9.74 Å². The third-order valence-corrected chi connectivity index (χ3v) is 5.56. The third-order valence-electron chi connectivity index (χ3n) is 4.33. The van der Waals surface area contributed by atoms with Crippen LogP contribution in [-0.2, 0) is 27.8 Å². The van der Waals surface area contributed by atoms with Crippen molar-refractivity contribution in [2.24, 2.45) is 0 Å². The molecule has 0 saturated heterocycles. The van der Waals surface area contributed by atoms with Crippen LogP contribution in [0.3, 0.4) is 0 Å². The molecule has 1 aliphatic heterocycles. The van der Waals surface area contributed by atoms with E-state index in [0.29, 0.717) is 0 Å². The molecule has 1 atom stereocenters. The Labute approximate surface area is 150 Å². The molecule has 1 aliphatic rings. The highest BCUT2D eigenvalue weighted by Crippen LogP contribution is 2.27. The number of rotatable bonds is 5. The van der Waals surface area contributed by atoms with E-state index in [2.05, 4.69) is 4.98 Å². The number of hydrogen-bond donors (Lipinski definition) is 1. The number of aliphatic carboxylic acids is 1. The standard InChI is InChI=1S/C17H18N2O6S/c1-3-12-15(25-26(23,24)11-6-4-10(2)5-7-11)18-14-9-8-13(17(21)22)19(14)16(12)20/h4-7,13H,3,8-9H2,1-2H3,(H,21,22)/t13-/m0/s1. The van der Waals surface area contributed by atoms with E-state index in [9.17, 15) is 23.1 Å². The van der Waals surface area contributed by atoms with Gasteiger partial charge in [0.05, 0.1) is 5.56 Å². The highest BCUT2D eigenvalue weighted by molar-refractivity contribution is 7.87.